The smallest absolute Gasteiger partial charge is 0.262 e. The number of thiophene rings is 1. The molecule has 0 saturated heterocycles. The van der Waals surface area contributed by atoms with Gasteiger partial charge in [-0.2, -0.15) is 0 Å². The number of rotatable bonds is 3. The zero-order valence-corrected chi connectivity index (χ0v) is 14.8. The highest BCUT2D eigenvalue weighted by molar-refractivity contribution is 7.18. The summed E-state index contributed by atoms with van der Waals surface area (Å²) in [6.45, 7) is 2.33. The van der Waals surface area contributed by atoms with Crippen molar-refractivity contribution in [2.75, 3.05) is 0 Å². The molecule has 24 heavy (non-hydrogen) atoms. The van der Waals surface area contributed by atoms with Crippen molar-refractivity contribution in [2.45, 2.75) is 64.5 Å². The van der Waals surface area contributed by atoms with E-state index in [4.69, 9.17) is 0 Å². The highest BCUT2D eigenvalue weighted by Gasteiger charge is 2.24. The summed E-state index contributed by atoms with van der Waals surface area (Å²) in [6, 6.07) is 0.278. The lowest BCUT2D eigenvalue weighted by Gasteiger charge is -2.17. The molecule has 0 bridgehead atoms. The van der Waals surface area contributed by atoms with Crippen LogP contribution in [0.4, 0.5) is 0 Å². The van der Waals surface area contributed by atoms with Crippen LogP contribution in [-0.4, -0.2) is 21.5 Å². The molecular weight excluding hydrogens is 322 g/mol. The molecule has 1 fully saturated rings. The molecule has 0 radical (unpaired) electrons. The molecule has 4 rings (SSSR count). The number of aromatic nitrogens is 2. The van der Waals surface area contributed by atoms with Crippen molar-refractivity contribution in [3.63, 3.8) is 0 Å². The lowest BCUT2D eigenvalue weighted by atomic mass is 9.89. The molecule has 1 saturated carbocycles. The van der Waals surface area contributed by atoms with Crippen LogP contribution in [0, 0.1) is 5.92 Å². The van der Waals surface area contributed by atoms with Gasteiger partial charge in [0.2, 0.25) is 5.91 Å². The summed E-state index contributed by atoms with van der Waals surface area (Å²) in [5.41, 5.74) is 1.12. The van der Waals surface area contributed by atoms with Crippen molar-refractivity contribution in [3.8, 4) is 0 Å². The second-order valence-corrected chi connectivity index (χ2v) is 8.34. The first-order valence-corrected chi connectivity index (χ1v) is 9.72. The molecule has 2 heterocycles. The van der Waals surface area contributed by atoms with Crippen LogP contribution in [0.15, 0.2) is 11.1 Å². The first-order valence-electron chi connectivity index (χ1n) is 8.91. The van der Waals surface area contributed by atoms with Crippen molar-refractivity contribution in [1.29, 1.82) is 0 Å². The van der Waals surface area contributed by atoms with Crippen LogP contribution >= 0.6 is 11.3 Å². The Morgan fingerprint density at radius 2 is 2.17 bits per heavy atom. The molecule has 0 aromatic carbocycles. The Morgan fingerprint density at radius 1 is 1.38 bits per heavy atom. The molecule has 6 heteroatoms. The Bertz CT molecular complexity index is 833. The van der Waals surface area contributed by atoms with Gasteiger partial charge in [-0.3, -0.25) is 14.2 Å². The van der Waals surface area contributed by atoms with Crippen molar-refractivity contribution in [1.82, 2.24) is 14.9 Å². The van der Waals surface area contributed by atoms with E-state index in [0.717, 1.165) is 42.3 Å². The zero-order valence-electron chi connectivity index (χ0n) is 14.0. The maximum atomic E-state index is 12.9. The molecule has 2 aliphatic carbocycles. The summed E-state index contributed by atoms with van der Waals surface area (Å²) in [6.07, 6.45) is 9.10. The van der Waals surface area contributed by atoms with Crippen LogP contribution in [0.25, 0.3) is 10.2 Å². The van der Waals surface area contributed by atoms with Gasteiger partial charge in [-0.15, -0.1) is 11.3 Å². The molecule has 1 N–H and O–H groups in total. The van der Waals surface area contributed by atoms with Gasteiger partial charge in [-0.05, 0) is 43.6 Å². The van der Waals surface area contributed by atoms with E-state index in [-0.39, 0.29) is 24.1 Å². The number of nitrogens with zero attached hydrogens (tertiary/aromatic N) is 2. The number of hydrogen-bond acceptors (Lipinski definition) is 4. The molecule has 128 valence electrons. The van der Waals surface area contributed by atoms with E-state index in [9.17, 15) is 9.59 Å². The largest absolute Gasteiger partial charge is 0.352 e. The number of hydrogen-bond donors (Lipinski definition) is 1. The third-order valence-electron chi connectivity index (χ3n) is 5.32. The predicted molar refractivity (Wildman–Crippen MR) is 95.5 cm³/mol. The van der Waals surface area contributed by atoms with Gasteiger partial charge < -0.3 is 5.32 Å². The van der Waals surface area contributed by atoms with E-state index >= 15 is 0 Å². The summed E-state index contributed by atoms with van der Waals surface area (Å²) < 4.78 is 1.47. The van der Waals surface area contributed by atoms with Crippen LogP contribution in [0.2, 0.25) is 0 Å². The minimum absolute atomic E-state index is 0.0615. The van der Waals surface area contributed by atoms with Gasteiger partial charge in [-0.1, -0.05) is 19.8 Å². The molecule has 2 aromatic rings. The minimum atomic E-state index is -0.0807. The highest BCUT2D eigenvalue weighted by atomic mass is 32.1. The number of carbonyl (C=O) groups is 1. The van der Waals surface area contributed by atoms with Gasteiger partial charge in [0.1, 0.15) is 11.4 Å². The van der Waals surface area contributed by atoms with Crippen LogP contribution < -0.4 is 10.9 Å². The molecule has 0 unspecified atom stereocenters. The van der Waals surface area contributed by atoms with Gasteiger partial charge in [0.05, 0.1) is 11.7 Å². The number of amides is 1. The molecule has 1 amide bonds. The van der Waals surface area contributed by atoms with Gasteiger partial charge in [-0.25, -0.2) is 4.98 Å². The second kappa shape index (κ2) is 6.31. The number of nitrogens with one attached hydrogen (secondary N) is 1. The van der Waals surface area contributed by atoms with Gasteiger partial charge in [0.25, 0.3) is 5.56 Å². The Labute approximate surface area is 145 Å². The van der Waals surface area contributed by atoms with E-state index in [0.29, 0.717) is 5.92 Å². The third kappa shape index (κ3) is 2.88. The van der Waals surface area contributed by atoms with Crippen LogP contribution in [-0.2, 0) is 24.2 Å². The molecule has 2 aliphatic rings. The van der Waals surface area contributed by atoms with Gasteiger partial charge >= 0.3 is 0 Å². The average molecular weight is 345 g/mol. The average Bonchev–Trinajstić information content (AvgIpc) is 3.16. The topological polar surface area (TPSA) is 64.0 Å². The molecule has 1 atom stereocenters. The first-order chi connectivity index (χ1) is 11.6. The Morgan fingerprint density at radius 3 is 2.96 bits per heavy atom. The SMILES string of the molecule is C[C@H]1CCc2c(sc3ncn(CC(=O)NC4CCCC4)c(=O)c23)C1. The summed E-state index contributed by atoms with van der Waals surface area (Å²) in [5.74, 6) is 0.591. The van der Waals surface area contributed by atoms with Crippen molar-refractivity contribution >= 4 is 27.5 Å². The molecule has 2 aromatic heterocycles. The summed E-state index contributed by atoms with van der Waals surface area (Å²) >= 11 is 1.65. The fourth-order valence-electron chi connectivity index (χ4n) is 3.98. The minimum Gasteiger partial charge on any atom is -0.352 e. The third-order valence-corrected chi connectivity index (χ3v) is 6.48. The molecule has 0 aliphatic heterocycles. The van der Waals surface area contributed by atoms with Crippen molar-refractivity contribution in [2.24, 2.45) is 5.92 Å². The fraction of sp³-hybridized carbons (Fsp3) is 0.611. The van der Waals surface area contributed by atoms with Crippen LogP contribution in [0.1, 0.15) is 49.5 Å². The Balaban J connectivity index is 1.61. The lowest BCUT2D eigenvalue weighted by Crippen LogP contribution is -2.37. The van der Waals surface area contributed by atoms with E-state index in [1.165, 1.54) is 34.2 Å². The number of aryl methyl sites for hydroxylation is 1. The van der Waals surface area contributed by atoms with Crippen molar-refractivity contribution in [3.05, 3.63) is 27.1 Å². The zero-order chi connectivity index (χ0) is 16.7. The monoisotopic (exact) mass is 345 g/mol. The normalized spacial score (nSPS) is 21.1. The van der Waals surface area contributed by atoms with Crippen LogP contribution in [0.5, 0.6) is 0 Å². The highest BCUT2D eigenvalue weighted by Crippen LogP contribution is 2.35. The van der Waals surface area contributed by atoms with Crippen LogP contribution in [0.3, 0.4) is 0 Å². The van der Waals surface area contributed by atoms with E-state index in [2.05, 4.69) is 17.2 Å². The number of carbonyl (C=O) groups excluding carboxylic acids is 1. The molecule has 5 nitrogen and oxygen atoms in total. The standard InChI is InChI=1S/C18H23N3O2S/c1-11-6-7-13-14(8-11)24-17-16(13)18(23)21(10-19-17)9-15(22)20-12-4-2-3-5-12/h10-12H,2-9H2,1H3,(H,20,22)/t11-/m0/s1. The van der Waals surface area contributed by atoms with Crippen molar-refractivity contribution < 1.29 is 4.79 Å². The maximum Gasteiger partial charge on any atom is 0.262 e. The summed E-state index contributed by atoms with van der Waals surface area (Å²) in [4.78, 5) is 31.7. The van der Waals surface area contributed by atoms with Gasteiger partial charge in [0.15, 0.2) is 0 Å². The fourth-order valence-corrected chi connectivity index (χ4v) is 5.32. The number of fused-ring (bicyclic) bond motifs is 3. The Kier molecular flexibility index (Phi) is 4.16. The van der Waals surface area contributed by atoms with E-state index in [1.807, 2.05) is 0 Å². The Hall–Kier alpha value is -1.69. The lowest BCUT2D eigenvalue weighted by molar-refractivity contribution is -0.122. The summed E-state index contributed by atoms with van der Waals surface area (Å²) in [7, 11) is 0. The van der Waals surface area contributed by atoms with E-state index in [1.54, 1.807) is 11.3 Å². The molecule has 0 spiro atoms. The first kappa shape index (κ1) is 15.8. The van der Waals surface area contributed by atoms with E-state index < -0.39 is 0 Å². The quantitative estimate of drug-likeness (QED) is 0.930. The summed E-state index contributed by atoms with van der Waals surface area (Å²) in [5, 5.41) is 3.79. The maximum absolute atomic E-state index is 12.9. The van der Waals surface area contributed by atoms with Gasteiger partial charge in [0, 0.05) is 10.9 Å². The molecular formula is C18H23N3O2S. The predicted octanol–water partition coefficient (Wildman–Crippen LogP) is 2.64. The second-order valence-electron chi connectivity index (χ2n) is 7.26.